The van der Waals surface area contributed by atoms with Crippen LogP contribution in [-0.4, -0.2) is 36.9 Å². The molecule has 0 radical (unpaired) electrons. The highest BCUT2D eigenvalue weighted by molar-refractivity contribution is 6.48. The molecule has 4 nitrogen and oxygen atoms in total. The van der Waals surface area contributed by atoms with Crippen LogP contribution >= 0.6 is 0 Å². The molecule has 3 atom stereocenters. The summed E-state index contributed by atoms with van der Waals surface area (Å²) in [4.78, 5) is 11.6. The van der Waals surface area contributed by atoms with Crippen LogP contribution in [0, 0.1) is 11.3 Å². The Morgan fingerprint density at radius 3 is 2.28 bits per heavy atom. The van der Waals surface area contributed by atoms with Crippen LogP contribution in [0.1, 0.15) is 40.0 Å². The van der Waals surface area contributed by atoms with Crippen molar-refractivity contribution in [3.63, 3.8) is 0 Å². The van der Waals surface area contributed by atoms with E-state index in [4.69, 9.17) is 4.43 Å². The summed E-state index contributed by atoms with van der Waals surface area (Å²) >= 11 is 0. The fourth-order valence-corrected chi connectivity index (χ4v) is 3.98. The van der Waals surface area contributed by atoms with E-state index < -0.39 is 26.7 Å². The number of hydrogen-bond donors (Lipinski definition) is 2. The monoisotopic (exact) mass is 274 g/mol. The first-order chi connectivity index (χ1) is 8.07. The van der Waals surface area contributed by atoms with Gasteiger partial charge in [0.05, 0.1) is 6.10 Å². The Morgan fingerprint density at radius 2 is 1.89 bits per heavy atom. The molecule has 0 bridgehead atoms. The second-order valence-electron chi connectivity index (χ2n) is 6.83. The molecule has 0 heterocycles. The van der Waals surface area contributed by atoms with Gasteiger partial charge in [0.1, 0.15) is 0 Å². The van der Waals surface area contributed by atoms with Crippen molar-refractivity contribution < 1.29 is 19.4 Å². The van der Waals surface area contributed by atoms with Crippen molar-refractivity contribution in [3.05, 3.63) is 0 Å². The number of aliphatic carboxylic acids is 1. The van der Waals surface area contributed by atoms with E-state index in [9.17, 15) is 15.0 Å². The summed E-state index contributed by atoms with van der Waals surface area (Å²) in [5.74, 6) is -0.748. The molecule has 0 aromatic rings. The van der Waals surface area contributed by atoms with E-state index in [1.165, 1.54) is 0 Å². The van der Waals surface area contributed by atoms with Crippen LogP contribution in [0.4, 0.5) is 0 Å². The third-order valence-corrected chi connectivity index (χ3v) is 4.70. The number of carboxylic acid groups (broad SMARTS) is 1. The Hall–Kier alpha value is -0.393. The molecule has 0 aromatic carbocycles. The summed E-state index contributed by atoms with van der Waals surface area (Å²) in [6.07, 6.45) is 0.822. The topological polar surface area (TPSA) is 66.8 Å². The summed E-state index contributed by atoms with van der Waals surface area (Å²) in [6, 6.07) is 0. The number of aliphatic hydroxyl groups excluding tert-OH is 1. The van der Waals surface area contributed by atoms with Gasteiger partial charge in [0, 0.05) is 6.42 Å². The van der Waals surface area contributed by atoms with E-state index >= 15 is 0 Å². The molecule has 0 spiro atoms. The molecule has 106 valence electrons. The second-order valence-corrected chi connectivity index (χ2v) is 9.16. The third-order valence-electron chi connectivity index (χ3n) is 3.77. The molecule has 2 N–H and O–H groups in total. The van der Waals surface area contributed by atoms with E-state index in [0.717, 1.165) is 0 Å². The van der Waals surface area contributed by atoms with Gasteiger partial charge in [0.2, 0.25) is 0 Å². The van der Waals surface area contributed by atoms with Crippen molar-refractivity contribution in [2.24, 2.45) is 11.3 Å². The molecular weight excluding hydrogens is 248 g/mol. The molecule has 1 aliphatic rings. The minimum Gasteiger partial charge on any atom is -0.479 e. The van der Waals surface area contributed by atoms with E-state index in [0.29, 0.717) is 12.8 Å². The molecule has 1 fully saturated rings. The van der Waals surface area contributed by atoms with Gasteiger partial charge in [-0.1, -0.05) is 20.8 Å². The number of carboxylic acids is 1. The second kappa shape index (κ2) is 5.31. The zero-order valence-corrected chi connectivity index (χ0v) is 13.2. The van der Waals surface area contributed by atoms with E-state index in [-0.39, 0.29) is 17.8 Å². The Bertz CT molecular complexity index is 307. The van der Waals surface area contributed by atoms with Crippen LogP contribution in [0.25, 0.3) is 0 Å². The lowest BCUT2D eigenvalue weighted by atomic mass is 9.66. The Labute approximate surface area is 111 Å². The molecule has 0 saturated heterocycles. The smallest absolute Gasteiger partial charge is 0.334 e. The van der Waals surface area contributed by atoms with E-state index in [1.54, 1.807) is 0 Å². The van der Waals surface area contributed by atoms with Crippen molar-refractivity contribution in [1.82, 2.24) is 0 Å². The van der Waals surface area contributed by atoms with Crippen LogP contribution < -0.4 is 0 Å². The fourth-order valence-electron chi connectivity index (χ4n) is 2.79. The number of carbonyl (C=O) groups is 1. The SMILES string of the molecule is C[SiH](C)O[C@@]1(C(=O)O)C[C@@H](O)C[C@@H](C(C)(C)C)C1. The predicted octanol–water partition coefficient (Wildman–Crippen LogP) is 2.02. The zero-order chi connectivity index (χ0) is 14.1. The summed E-state index contributed by atoms with van der Waals surface area (Å²) in [6.45, 7) is 10.2. The highest BCUT2D eigenvalue weighted by Gasteiger charge is 2.49. The van der Waals surface area contributed by atoms with Crippen LogP contribution in [0.5, 0.6) is 0 Å². The Morgan fingerprint density at radius 1 is 1.33 bits per heavy atom. The van der Waals surface area contributed by atoms with Crippen LogP contribution in [-0.2, 0) is 9.22 Å². The fraction of sp³-hybridized carbons (Fsp3) is 0.923. The van der Waals surface area contributed by atoms with E-state index in [1.807, 2.05) is 13.1 Å². The molecule has 1 saturated carbocycles. The molecule has 1 rings (SSSR count). The maximum atomic E-state index is 11.6. The summed E-state index contributed by atoms with van der Waals surface area (Å²) in [5.41, 5.74) is -1.18. The van der Waals surface area contributed by atoms with Crippen molar-refractivity contribution in [2.45, 2.75) is 64.8 Å². The van der Waals surface area contributed by atoms with Crippen LogP contribution in [0.3, 0.4) is 0 Å². The van der Waals surface area contributed by atoms with Gasteiger partial charge >= 0.3 is 5.97 Å². The molecule has 18 heavy (non-hydrogen) atoms. The van der Waals surface area contributed by atoms with Gasteiger partial charge in [0.15, 0.2) is 14.6 Å². The average molecular weight is 274 g/mol. The number of aliphatic hydroxyl groups is 1. The predicted molar refractivity (Wildman–Crippen MR) is 73.1 cm³/mol. The number of hydrogen-bond acceptors (Lipinski definition) is 3. The lowest BCUT2D eigenvalue weighted by molar-refractivity contribution is -0.167. The Kier molecular flexibility index (Phi) is 4.62. The first-order valence-corrected chi connectivity index (χ1v) is 9.44. The minimum atomic E-state index is -1.47. The molecule has 0 aromatic heterocycles. The highest BCUT2D eigenvalue weighted by Crippen LogP contribution is 2.44. The molecule has 0 amide bonds. The van der Waals surface area contributed by atoms with E-state index in [2.05, 4.69) is 20.8 Å². The maximum Gasteiger partial charge on any atom is 0.334 e. The largest absolute Gasteiger partial charge is 0.479 e. The lowest BCUT2D eigenvalue weighted by Crippen LogP contribution is -2.53. The summed E-state index contributed by atoms with van der Waals surface area (Å²) < 4.78 is 5.82. The van der Waals surface area contributed by atoms with Crippen molar-refractivity contribution in [1.29, 1.82) is 0 Å². The van der Waals surface area contributed by atoms with Gasteiger partial charge in [-0.05, 0) is 37.3 Å². The summed E-state index contributed by atoms with van der Waals surface area (Å²) in [7, 11) is -1.47. The summed E-state index contributed by atoms with van der Waals surface area (Å²) in [5, 5.41) is 19.5. The first kappa shape index (κ1) is 15.7. The molecule has 5 heteroatoms. The van der Waals surface area contributed by atoms with Crippen molar-refractivity contribution >= 4 is 15.0 Å². The van der Waals surface area contributed by atoms with Gasteiger partial charge in [-0.15, -0.1) is 0 Å². The maximum absolute atomic E-state index is 11.6. The normalized spacial score (nSPS) is 33.7. The highest BCUT2D eigenvalue weighted by atomic mass is 28.3. The van der Waals surface area contributed by atoms with Gasteiger partial charge < -0.3 is 14.6 Å². The minimum absolute atomic E-state index is 0.00993. The average Bonchev–Trinajstić information content (AvgIpc) is 2.13. The molecule has 0 aliphatic heterocycles. The van der Waals surface area contributed by atoms with Crippen molar-refractivity contribution in [3.8, 4) is 0 Å². The number of rotatable bonds is 3. The van der Waals surface area contributed by atoms with Crippen molar-refractivity contribution in [2.75, 3.05) is 0 Å². The van der Waals surface area contributed by atoms with Gasteiger partial charge in [0.25, 0.3) is 0 Å². The van der Waals surface area contributed by atoms with Gasteiger partial charge in [-0.3, -0.25) is 0 Å². The first-order valence-electron chi connectivity index (χ1n) is 6.66. The lowest BCUT2D eigenvalue weighted by Gasteiger charge is -2.45. The van der Waals surface area contributed by atoms with Crippen LogP contribution in [0.15, 0.2) is 0 Å². The Balaban J connectivity index is 2.99. The van der Waals surface area contributed by atoms with Gasteiger partial charge in [-0.25, -0.2) is 4.79 Å². The molecule has 1 aliphatic carbocycles. The molecule has 0 unspecified atom stereocenters. The standard InChI is InChI=1S/C13H26O4Si/c1-12(2,3)9-6-10(14)8-13(7-9,11(15)16)17-18(4)5/h9-10,14,18H,6-8H2,1-5H3,(H,15,16)/t9-,10+,13-/m1/s1. The van der Waals surface area contributed by atoms with Gasteiger partial charge in [-0.2, -0.15) is 0 Å². The zero-order valence-electron chi connectivity index (χ0n) is 12.1. The quantitative estimate of drug-likeness (QED) is 0.773. The molecular formula is C13H26O4Si. The third kappa shape index (κ3) is 3.55. The van der Waals surface area contributed by atoms with Crippen LogP contribution in [0.2, 0.25) is 13.1 Å².